The first-order valence-electron chi connectivity index (χ1n) is 7.10. The molecule has 0 saturated carbocycles. The molecule has 0 aliphatic carbocycles. The van der Waals surface area contributed by atoms with Crippen molar-refractivity contribution in [1.82, 2.24) is 0 Å². The topological polar surface area (TPSA) is 77.1 Å². The lowest BCUT2D eigenvalue weighted by Crippen LogP contribution is -2.36. The molecule has 1 aromatic carbocycles. The highest BCUT2D eigenvalue weighted by molar-refractivity contribution is 5.97. The van der Waals surface area contributed by atoms with Gasteiger partial charge in [-0.2, -0.15) is 0 Å². The van der Waals surface area contributed by atoms with Crippen LogP contribution in [0.2, 0.25) is 0 Å². The van der Waals surface area contributed by atoms with Crippen LogP contribution in [0.1, 0.15) is 45.2 Å². The molecule has 1 fully saturated rings. The molecule has 0 bridgehead atoms. The number of hydrogen-bond donors (Lipinski definition) is 2. The Hall–Kier alpha value is -1.75. The predicted molar refractivity (Wildman–Crippen MR) is 82.0 cm³/mol. The molecule has 1 heterocycles. The molecule has 1 aliphatic rings. The van der Waals surface area contributed by atoms with Crippen molar-refractivity contribution in [2.24, 2.45) is 10.9 Å². The minimum atomic E-state index is -0.359. The van der Waals surface area contributed by atoms with Crippen LogP contribution in [0.5, 0.6) is 5.75 Å². The number of hydrogen-bond acceptors (Lipinski definition) is 4. The zero-order chi connectivity index (χ0) is 15.8. The number of nitrogens with two attached hydrogens (primary N) is 1. The highest BCUT2D eigenvalue weighted by Gasteiger charge is 2.47. The van der Waals surface area contributed by atoms with Gasteiger partial charge in [0.2, 0.25) is 0 Å². The molecule has 5 nitrogen and oxygen atoms in total. The molecule has 0 amide bonds. The molecule has 1 atom stereocenters. The third-order valence-electron chi connectivity index (χ3n) is 3.85. The van der Waals surface area contributed by atoms with E-state index in [9.17, 15) is 0 Å². The molecule has 3 N–H and O–H groups in total. The van der Waals surface area contributed by atoms with Gasteiger partial charge in [-0.25, -0.2) is 0 Å². The number of aryl methyl sites for hydroxylation is 1. The van der Waals surface area contributed by atoms with E-state index in [0.717, 1.165) is 17.7 Å². The summed E-state index contributed by atoms with van der Waals surface area (Å²) in [5, 5.41) is 11.8. The summed E-state index contributed by atoms with van der Waals surface area (Å²) < 4.78 is 12.2. The summed E-state index contributed by atoms with van der Waals surface area (Å²) in [6, 6.07) is 5.50. The molecule has 5 heteroatoms. The van der Waals surface area contributed by atoms with Gasteiger partial charge in [-0.15, -0.1) is 0 Å². The van der Waals surface area contributed by atoms with Gasteiger partial charge < -0.3 is 20.4 Å². The number of benzene rings is 1. The van der Waals surface area contributed by atoms with Crippen LogP contribution in [0, 0.1) is 6.92 Å². The molecule has 1 saturated heterocycles. The lowest BCUT2D eigenvalue weighted by Gasteiger charge is -2.28. The Morgan fingerprint density at radius 1 is 1.38 bits per heavy atom. The van der Waals surface area contributed by atoms with Gasteiger partial charge in [0.15, 0.2) is 5.84 Å². The summed E-state index contributed by atoms with van der Waals surface area (Å²) >= 11 is 0. The summed E-state index contributed by atoms with van der Waals surface area (Å²) in [5.74, 6) is 0.806. The Balaban J connectivity index is 2.27. The Morgan fingerprint density at radius 3 is 2.57 bits per heavy atom. The van der Waals surface area contributed by atoms with E-state index < -0.39 is 0 Å². The van der Waals surface area contributed by atoms with Crippen LogP contribution >= 0.6 is 0 Å². The lowest BCUT2D eigenvalue weighted by molar-refractivity contribution is -0.0846. The zero-order valence-electron chi connectivity index (χ0n) is 13.3. The number of rotatable bonds is 3. The molecule has 21 heavy (non-hydrogen) atoms. The van der Waals surface area contributed by atoms with Crippen LogP contribution in [-0.4, -0.2) is 28.3 Å². The fourth-order valence-corrected chi connectivity index (χ4v) is 2.79. The Kier molecular flexibility index (Phi) is 3.89. The first-order valence-corrected chi connectivity index (χ1v) is 7.10. The average Bonchev–Trinajstić information content (AvgIpc) is 2.58. The number of ether oxygens (including phenoxy) is 2. The van der Waals surface area contributed by atoms with Crippen molar-refractivity contribution in [3.8, 4) is 5.75 Å². The summed E-state index contributed by atoms with van der Waals surface area (Å²) in [5.41, 5.74) is 6.71. The highest BCUT2D eigenvalue weighted by Crippen LogP contribution is 2.40. The Bertz CT molecular complexity index is 565. The fourth-order valence-electron chi connectivity index (χ4n) is 2.79. The van der Waals surface area contributed by atoms with Gasteiger partial charge in [-0.1, -0.05) is 17.3 Å². The molecule has 116 valence electrons. The largest absolute Gasteiger partial charge is 0.487 e. The number of oxime groups is 1. The van der Waals surface area contributed by atoms with E-state index >= 15 is 0 Å². The SMILES string of the molecule is Cc1ccc(/C(N)=N/O)cc1OC1CC(C)(C)OC1(C)C. The predicted octanol–water partition coefficient (Wildman–Crippen LogP) is 2.81. The molecule has 1 aliphatic heterocycles. The third-order valence-corrected chi connectivity index (χ3v) is 3.85. The minimum absolute atomic E-state index is 0.0475. The molecule has 0 radical (unpaired) electrons. The monoisotopic (exact) mass is 292 g/mol. The standard InChI is InChI=1S/C16H24N2O3/c1-10-6-7-11(14(17)18-19)8-12(10)20-13-9-15(2,3)21-16(13,4)5/h6-8,13,19H,9H2,1-5H3,(H2,17,18). The first kappa shape index (κ1) is 15.6. The zero-order valence-corrected chi connectivity index (χ0v) is 13.3. The highest BCUT2D eigenvalue weighted by atomic mass is 16.6. The normalized spacial score (nSPS) is 24.0. The molecule has 0 aromatic heterocycles. The van der Waals surface area contributed by atoms with Crippen molar-refractivity contribution in [3.05, 3.63) is 29.3 Å². The van der Waals surface area contributed by atoms with Crippen molar-refractivity contribution in [2.45, 2.75) is 58.3 Å². The van der Waals surface area contributed by atoms with Gasteiger partial charge in [0.05, 0.1) is 5.60 Å². The van der Waals surface area contributed by atoms with Crippen LogP contribution in [-0.2, 0) is 4.74 Å². The molecular weight excluding hydrogens is 268 g/mol. The van der Waals surface area contributed by atoms with Gasteiger partial charge >= 0.3 is 0 Å². The summed E-state index contributed by atoms with van der Waals surface area (Å²) in [6.07, 6.45) is 0.765. The van der Waals surface area contributed by atoms with E-state index in [2.05, 4.69) is 19.0 Å². The second-order valence-electron chi connectivity index (χ2n) is 6.74. The van der Waals surface area contributed by atoms with Gasteiger partial charge in [0.25, 0.3) is 0 Å². The molecule has 1 aromatic rings. The average molecular weight is 292 g/mol. The summed E-state index contributed by atoms with van der Waals surface area (Å²) in [6.45, 7) is 10.2. The second-order valence-corrected chi connectivity index (χ2v) is 6.74. The van der Waals surface area contributed by atoms with Crippen molar-refractivity contribution < 1.29 is 14.7 Å². The molecule has 2 rings (SSSR count). The van der Waals surface area contributed by atoms with E-state index in [1.807, 2.05) is 26.8 Å². The van der Waals surface area contributed by atoms with Crippen LogP contribution in [0.4, 0.5) is 0 Å². The maximum absolute atomic E-state index is 8.79. The van der Waals surface area contributed by atoms with Crippen molar-refractivity contribution in [3.63, 3.8) is 0 Å². The van der Waals surface area contributed by atoms with E-state index in [-0.39, 0.29) is 23.1 Å². The van der Waals surface area contributed by atoms with Gasteiger partial charge in [-0.3, -0.25) is 0 Å². The van der Waals surface area contributed by atoms with Crippen molar-refractivity contribution >= 4 is 5.84 Å². The van der Waals surface area contributed by atoms with E-state index in [1.165, 1.54) is 0 Å². The van der Waals surface area contributed by atoms with E-state index in [4.69, 9.17) is 20.4 Å². The smallest absolute Gasteiger partial charge is 0.170 e. The second kappa shape index (κ2) is 5.22. The van der Waals surface area contributed by atoms with Crippen molar-refractivity contribution in [2.75, 3.05) is 0 Å². The van der Waals surface area contributed by atoms with Gasteiger partial charge in [0.1, 0.15) is 17.5 Å². The van der Waals surface area contributed by atoms with Crippen LogP contribution in [0.15, 0.2) is 23.4 Å². The van der Waals surface area contributed by atoms with Crippen LogP contribution < -0.4 is 10.5 Å². The fraction of sp³-hybridized carbons (Fsp3) is 0.562. The van der Waals surface area contributed by atoms with Gasteiger partial charge in [0, 0.05) is 12.0 Å². The van der Waals surface area contributed by atoms with Crippen LogP contribution in [0.3, 0.4) is 0 Å². The van der Waals surface area contributed by atoms with Crippen LogP contribution in [0.25, 0.3) is 0 Å². The summed E-state index contributed by atoms with van der Waals surface area (Å²) in [4.78, 5) is 0. The first-order chi connectivity index (χ1) is 9.64. The quantitative estimate of drug-likeness (QED) is 0.389. The van der Waals surface area contributed by atoms with E-state index in [0.29, 0.717) is 5.56 Å². The minimum Gasteiger partial charge on any atom is -0.487 e. The molecular formula is C16H24N2O3. The molecule has 1 unspecified atom stereocenters. The third kappa shape index (κ3) is 3.29. The Labute approximate surface area is 125 Å². The van der Waals surface area contributed by atoms with Crippen molar-refractivity contribution in [1.29, 1.82) is 0 Å². The van der Waals surface area contributed by atoms with Gasteiger partial charge in [-0.05, 0) is 46.2 Å². The molecule has 0 spiro atoms. The maximum atomic E-state index is 8.79. The Morgan fingerprint density at radius 2 is 2.05 bits per heavy atom. The maximum Gasteiger partial charge on any atom is 0.170 e. The number of amidine groups is 1. The summed E-state index contributed by atoms with van der Waals surface area (Å²) in [7, 11) is 0. The lowest BCUT2D eigenvalue weighted by atomic mass is 9.97. The van der Waals surface area contributed by atoms with E-state index in [1.54, 1.807) is 12.1 Å². The number of nitrogens with zero attached hydrogens (tertiary/aromatic N) is 1.